The van der Waals surface area contributed by atoms with E-state index < -0.39 is 5.91 Å². The van der Waals surface area contributed by atoms with Crippen molar-refractivity contribution in [3.63, 3.8) is 0 Å². The third-order valence-corrected chi connectivity index (χ3v) is 3.84. The Morgan fingerprint density at radius 1 is 1.08 bits per heavy atom. The predicted molar refractivity (Wildman–Crippen MR) is 96.1 cm³/mol. The molecule has 3 rings (SSSR count). The van der Waals surface area contributed by atoms with Crippen LogP contribution >= 0.6 is 11.6 Å². The van der Waals surface area contributed by atoms with Crippen LogP contribution in [-0.2, 0) is 0 Å². The number of para-hydroxylation sites is 1. The summed E-state index contributed by atoms with van der Waals surface area (Å²) in [5.41, 5.74) is 1.54. The summed E-state index contributed by atoms with van der Waals surface area (Å²) in [6, 6.07) is 14.4. The smallest absolute Gasteiger partial charge is 0.280 e. The van der Waals surface area contributed by atoms with E-state index in [1.54, 1.807) is 29.1 Å². The zero-order valence-electron chi connectivity index (χ0n) is 13.7. The first-order chi connectivity index (χ1) is 12.1. The highest BCUT2D eigenvalue weighted by Gasteiger charge is 2.19. The van der Waals surface area contributed by atoms with Crippen molar-refractivity contribution >= 4 is 23.2 Å². The molecule has 0 aliphatic rings. The number of nitrogens with one attached hydrogen (secondary N) is 1. The van der Waals surface area contributed by atoms with E-state index in [1.165, 1.54) is 14.2 Å². The Labute approximate surface area is 149 Å². The average molecular weight is 358 g/mol. The van der Waals surface area contributed by atoms with E-state index in [-0.39, 0.29) is 5.69 Å². The molecule has 25 heavy (non-hydrogen) atoms. The van der Waals surface area contributed by atoms with E-state index in [1.807, 2.05) is 30.3 Å². The lowest BCUT2D eigenvalue weighted by molar-refractivity contribution is 0.101. The van der Waals surface area contributed by atoms with Gasteiger partial charge in [0, 0.05) is 5.69 Å². The Morgan fingerprint density at radius 2 is 1.80 bits per heavy atom. The molecule has 0 spiro atoms. The number of benzene rings is 2. The summed E-state index contributed by atoms with van der Waals surface area (Å²) in [5, 5.41) is 7.49. The fourth-order valence-electron chi connectivity index (χ4n) is 2.31. The third kappa shape index (κ3) is 3.59. The number of methoxy groups -OCH3 is 2. The predicted octanol–water partition coefficient (Wildman–Crippen LogP) is 3.80. The van der Waals surface area contributed by atoms with Crippen LogP contribution in [0.25, 0.3) is 5.69 Å². The van der Waals surface area contributed by atoms with Crippen LogP contribution in [0.5, 0.6) is 11.5 Å². The van der Waals surface area contributed by atoms with Gasteiger partial charge >= 0.3 is 0 Å². The van der Waals surface area contributed by atoms with Gasteiger partial charge in [-0.1, -0.05) is 29.8 Å². The molecule has 128 valence electrons. The van der Waals surface area contributed by atoms with Crippen molar-refractivity contribution in [2.45, 2.75) is 0 Å². The maximum atomic E-state index is 12.6. The van der Waals surface area contributed by atoms with Gasteiger partial charge in [0.2, 0.25) is 0 Å². The van der Waals surface area contributed by atoms with Crippen molar-refractivity contribution in [1.29, 1.82) is 0 Å². The number of nitrogens with zero attached hydrogens (tertiary/aromatic N) is 2. The first-order valence-corrected chi connectivity index (χ1v) is 7.84. The molecule has 3 aromatic rings. The largest absolute Gasteiger partial charge is 0.495 e. The minimum atomic E-state index is -0.396. The number of rotatable bonds is 5. The summed E-state index contributed by atoms with van der Waals surface area (Å²) in [5.74, 6) is 0.513. The van der Waals surface area contributed by atoms with Gasteiger partial charge in [0.1, 0.15) is 5.75 Å². The van der Waals surface area contributed by atoms with E-state index in [0.717, 1.165) is 5.69 Å². The van der Waals surface area contributed by atoms with E-state index >= 15 is 0 Å². The van der Waals surface area contributed by atoms with Gasteiger partial charge in [-0.3, -0.25) is 4.79 Å². The number of hydrogen-bond acceptors (Lipinski definition) is 4. The molecule has 0 saturated carbocycles. The minimum Gasteiger partial charge on any atom is -0.495 e. The quantitative estimate of drug-likeness (QED) is 0.754. The number of halogens is 1. The number of aromatic nitrogens is 2. The molecule has 1 N–H and O–H groups in total. The van der Waals surface area contributed by atoms with Gasteiger partial charge < -0.3 is 14.8 Å². The second-order valence-corrected chi connectivity index (χ2v) is 5.54. The molecule has 0 saturated heterocycles. The Morgan fingerprint density at radius 3 is 2.44 bits per heavy atom. The van der Waals surface area contributed by atoms with Crippen molar-refractivity contribution in [3.8, 4) is 17.2 Å². The fourth-order valence-corrected chi connectivity index (χ4v) is 2.57. The van der Waals surface area contributed by atoms with Crippen LogP contribution in [0.3, 0.4) is 0 Å². The molecule has 1 aromatic heterocycles. The van der Waals surface area contributed by atoms with Crippen LogP contribution in [0.1, 0.15) is 10.5 Å². The van der Waals surface area contributed by atoms with Crippen LogP contribution in [0.4, 0.5) is 5.69 Å². The molecule has 0 fully saturated rings. The number of carbonyl (C=O) groups is 1. The Kier molecular flexibility index (Phi) is 4.90. The van der Waals surface area contributed by atoms with Gasteiger partial charge in [-0.2, -0.15) is 5.10 Å². The Hall–Kier alpha value is -2.99. The highest BCUT2D eigenvalue weighted by molar-refractivity contribution is 6.32. The lowest BCUT2D eigenvalue weighted by Gasteiger charge is -2.07. The first-order valence-electron chi connectivity index (χ1n) is 7.46. The van der Waals surface area contributed by atoms with Gasteiger partial charge in [0.05, 0.1) is 31.1 Å². The van der Waals surface area contributed by atoms with Gasteiger partial charge in [0.25, 0.3) is 5.91 Å². The highest BCUT2D eigenvalue weighted by atomic mass is 35.5. The van der Waals surface area contributed by atoms with Crippen molar-refractivity contribution in [2.75, 3.05) is 19.5 Å². The summed E-state index contributed by atoms with van der Waals surface area (Å²) in [4.78, 5) is 12.6. The van der Waals surface area contributed by atoms with Gasteiger partial charge in [0.15, 0.2) is 11.4 Å². The SMILES string of the molecule is COc1ccc(NC(=O)c2nn(-c3ccccc3)cc2OC)cc1Cl. The molecule has 1 amide bonds. The number of hydrogen-bond donors (Lipinski definition) is 1. The summed E-state index contributed by atoms with van der Waals surface area (Å²) in [6.45, 7) is 0. The number of amides is 1. The van der Waals surface area contributed by atoms with E-state index in [0.29, 0.717) is 22.2 Å². The zero-order valence-corrected chi connectivity index (χ0v) is 14.4. The second-order valence-electron chi connectivity index (χ2n) is 5.13. The van der Waals surface area contributed by atoms with E-state index in [4.69, 9.17) is 21.1 Å². The maximum absolute atomic E-state index is 12.6. The molecular formula is C18H16ClN3O3. The maximum Gasteiger partial charge on any atom is 0.280 e. The summed E-state index contributed by atoms with van der Waals surface area (Å²) in [7, 11) is 3.02. The monoisotopic (exact) mass is 357 g/mol. The molecular weight excluding hydrogens is 342 g/mol. The lowest BCUT2D eigenvalue weighted by Crippen LogP contribution is -2.14. The van der Waals surface area contributed by atoms with Crippen molar-refractivity contribution in [2.24, 2.45) is 0 Å². The summed E-state index contributed by atoms with van der Waals surface area (Å²) >= 11 is 6.08. The molecule has 7 heteroatoms. The zero-order chi connectivity index (χ0) is 17.8. The number of anilines is 1. The second kappa shape index (κ2) is 7.27. The summed E-state index contributed by atoms with van der Waals surface area (Å²) < 4.78 is 12.0. The molecule has 0 bridgehead atoms. The van der Waals surface area contributed by atoms with Gasteiger partial charge in [-0.15, -0.1) is 0 Å². The molecule has 0 aliphatic heterocycles. The molecule has 0 radical (unpaired) electrons. The van der Waals surface area contributed by atoms with Crippen LogP contribution in [0.15, 0.2) is 54.7 Å². The van der Waals surface area contributed by atoms with Crippen molar-refractivity contribution in [1.82, 2.24) is 9.78 Å². The lowest BCUT2D eigenvalue weighted by atomic mass is 10.3. The Balaban J connectivity index is 1.87. The number of carbonyl (C=O) groups excluding carboxylic acids is 1. The van der Waals surface area contributed by atoms with Crippen LogP contribution < -0.4 is 14.8 Å². The standard InChI is InChI=1S/C18H16ClN3O3/c1-24-15-9-8-12(10-14(15)19)20-18(23)17-16(25-2)11-22(21-17)13-6-4-3-5-7-13/h3-11H,1-2H3,(H,20,23). The first kappa shape index (κ1) is 16.9. The molecule has 6 nitrogen and oxygen atoms in total. The van der Waals surface area contributed by atoms with Gasteiger partial charge in [-0.05, 0) is 30.3 Å². The highest BCUT2D eigenvalue weighted by Crippen LogP contribution is 2.28. The normalized spacial score (nSPS) is 10.4. The number of ether oxygens (including phenoxy) is 2. The summed E-state index contributed by atoms with van der Waals surface area (Å²) in [6.07, 6.45) is 1.66. The molecule has 2 aromatic carbocycles. The molecule has 0 aliphatic carbocycles. The van der Waals surface area contributed by atoms with Crippen LogP contribution in [-0.4, -0.2) is 29.9 Å². The fraction of sp³-hybridized carbons (Fsp3) is 0.111. The average Bonchev–Trinajstić information content (AvgIpc) is 3.07. The molecule has 1 heterocycles. The molecule has 0 unspecified atom stereocenters. The minimum absolute atomic E-state index is 0.179. The van der Waals surface area contributed by atoms with Gasteiger partial charge in [-0.25, -0.2) is 4.68 Å². The Bertz CT molecular complexity index is 894. The topological polar surface area (TPSA) is 65.4 Å². The molecule has 0 atom stereocenters. The van der Waals surface area contributed by atoms with Crippen molar-refractivity contribution < 1.29 is 14.3 Å². The van der Waals surface area contributed by atoms with E-state index in [9.17, 15) is 4.79 Å². The van der Waals surface area contributed by atoms with Crippen LogP contribution in [0.2, 0.25) is 5.02 Å². The third-order valence-electron chi connectivity index (χ3n) is 3.55. The van der Waals surface area contributed by atoms with E-state index in [2.05, 4.69) is 10.4 Å². The van der Waals surface area contributed by atoms with Crippen LogP contribution in [0, 0.1) is 0 Å². The van der Waals surface area contributed by atoms with Crippen molar-refractivity contribution in [3.05, 3.63) is 65.4 Å².